The summed E-state index contributed by atoms with van der Waals surface area (Å²) in [6, 6.07) is 7.99. The van der Waals surface area contributed by atoms with Gasteiger partial charge in [0.05, 0.1) is 13.2 Å². The standard InChI is InChI=1S/C26H38O6/c1-5-23(19-11-17(7-9-27)25(29)18(12-19)8-10-28)24(6-2)20-13-21(15-31-3)26(30)22(14-20)16-32-4/h11-14,23-24,27-30H,5-10,15-16H2,1-4H3. The molecule has 0 fully saturated rings. The van der Waals surface area contributed by atoms with Gasteiger partial charge < -0.3 is 29.9 Å². The molecule has 2 atom stereocenters. The first-order chi connectivity index (χ1) is 15.4. The maximum Gasteiger partial charge on any atom is 0.126 e. The molecule has 0 saturated carbocycles. The van der Waals surface area contributed by atoms with Crippen LogP contribution in [0.15, 0.2) is 24.3 Å². The Hall–Kier alpha value is -2.12. The Morgan fingerprint density at radius 3 is 1.31 bits per heavy atom. The van der Waals surface area contributed by atoms with E-state index in [4.69, 9.17) is 9.47 Å². The first kappa shape index (κ1) is 26.1. The van der Waals surface area contributed by atoms with Gasteiger partial charge in [-0.15, -0.1) is 0 Å². The molecule has 2 unspecified atom stereocenters. The minimum absolute atomic E-state index is 0.0533. The largest absolute Gasteiger partial charge is 0.507 e. The number of aromatic hydroxyl groups is 2. The molecule has 2 aromatic rings. The Balaban J connectivity index is 2.59. The van der Waals surface area contributed by atoms with E-state index in [9.17, 15) is 20.4 Å². The maximum atomic E-state index is 10.6. The number of phenols is 2. The van der Waals surface area contributed by atoms with E-state index in [2.05, 4.69) is 13.8 Å². The minimum Gasteiger partial charge on any atom is -0.507 e. The molecular formula is C26H38O6. The van der Waals surface area contributed by atoms with Crippen molar-refractivity contribution in [2.24, 2.45) is 0 Å². The van der Waals surface area contributed by atoms with Crippen LogP contribution in [0.5, 0.6) is 11.5 Å². The highest BCUT2D eigenvalue weighted by atomic mass is 16.5. The maximum absolute atomic E-state index is 10.6. The van der Waals surface area contributed by atoms with Crippen molar-refractivity contribution in [1.82, 2.24) is 0 Å². The zero-order chi connectivity index (χ0) is 23.7. The van der Waals surface area contributed by atoms with Crippen LogP contribution in [0, 0.1) is 0 Å². The van der Waals surface area contributed by atoms with Crippen LogP contribution < -0.4 is 0 Å². The van der Waals surface area contributed by atoms with Crippen molar-refractivity contribution in [3.63, 3.8) is 0 Å². The third kappa shape index (κ3) is 6.01. The van der Waals surface area contributed by atoms with E-state index in [0.29, 0.717) is 37.2 Å². The Labute approximate surface area is 191 Å². The van der Waals surface area contributed by atoms with Gasteiger partial charge >= 0.3 is 0 Å². The molecule has 0 aliphatic heterocycles. The van der Waals surface area contributed by atoms with Gasteiger partial charge in [-0.3, -0.25) is 0 Å². The Bertz CT molecular complexity index is 738. The molecule has 178 valence electrons. The monoisotopic (exact) mass is 446 g/mol. The lowest BCUT2D eigenvalue weighted by atomic mass is 9.76. The fraction of sp³-hybridized carbons (Fsp3) is 0.538. The Kier molecular flexibility index (Phi) is 10.5. The molecule has 2 rings (SSSR count). The van der Waals surface area contributed by atoms with Crippen molar-refractivity contribution >= 4 is 0 Å². The minimum atomic E-state index is -0.0533. The number of methoxy groups -OCH3 is 2. The average Bonchev–Trinajstić information content (AvgIpc) is 2.78. The normalized spacial score (nSPS) is 13.3. The van der Waals surface area contributed by atoms with Gasteiger partial charge in [-0.25, -0.2) is 0 Å². The highest BCUT2D eigenvalue weighted by Gasteiger charge is 2.26. The molecule has 0 aliphatic carbocycles. The van der Waals surface area contributed by atoms with E-state index >= 15 is 0 Å². The van der Waals surface area contributed by atoms with Gasteiger partial charge in [0, 0.05) is 38.6 Å². The van der Waals surface area contributed by atoms with Crippen LogP contribution in [0.25, 0.3) is 0 Å². The fourth-order valence-corrected chi connectivity index (χ4v) is 4.66. The second-order valence-corrected chi connectivity index (χ2v) is 8.22. The topological polar surface area (TPSA) is 99.4 Å². The summed E-state index contributed by atoms with van der Waals surface area (Å²) in [4.78, 5) is 0. The van der Waals surface area contributed by atoms with Crippen LogP contribution in [0.4, 0.5) is 0 Å². The summed E-state index contributed by atoms with van der Waals surface area (Å²) in [5, 5.41) is 40.1. The van der Waals surface area contributed by atoms with Crippen LogP contribution in [0.2, 0.25) is 0 Å². The lowest BCUT2D eigenvalue weighted by Crippen LogP contribution is -2.13. The number of hydrogen-bond acceptors (Lipinski definition) is 6. The molecule has 0 aromatic heterocycles. The predicted octanol–water partition coefficient (Wildman–Crippen LogP) is 4.15. The summed E-state index contributed by atoms with van der Waals surface area (Å²) < 4.78 is 10.6. The predicted molar refractivity (Wildman–Crippen MR) is 125 cm³/mol. The summed E-state index contributed by atoms with van der Waals surface area (Å²) in [6.45, 7) is 4.80. The molecule has 0 heterocycles. The molecule has 0 spiro atoms. The van der Waals surface area contributed by atoms with Crippen molar-refractivity contribution in [3.05, 3.63) is 57.6 Å². The Morgan fingerprint density at radius 1 is 0.656 bits per heavy atom. The molecule has 32 heavy (non-hydrogen) atoms. The SMILES string of the molecule is CCC(c1cc(CCO)c(O)c(CCO)c1)C(CC)c1cc(COC)c(O)c(COC)c1. The van der Waals surface area contributed by atoms with E-state index in [0.717, 1.165) is 35.1 Å². The van der Waals surface area contributed by atoms with Crippen LogP contribution in [-0.4, -0.2) is 47.9 Å². The molecular weight excluding hydrogens is 408 g/mol. The smallest absolute Gasteiger partial charge is 0.126 e. The van der Waals surface area contributed by atoms with Crippen LogP contribution >= 0.6 is 0 Å². The molecule has 4 N–H and O–H groups in total. The zero-order valence-corrected chi connectivity index (χ0v) is 19.7. The third-order valence-corrected chi connectivity index (χ3v) is 6.16. The van der Waals surface area contributed by atoms with Gasteiger partial charge in [0.1, 0.15) is 11.5 Å². The summed E-state index contributed by atoms with van der Waals surface area (Å²) in [6.07, 6.45) is 2.48. The quantitative estimate of drug-likeness (QED) is 0.369. The molecule has 0 radical (unpaired) electrons. The van der Waals surface area contributed by atoms with Crippen molar-refractivity contribution in [3.8, 4) is 11.5 Å². The average molecular weight is 447 g/mol. The number of rotatable bonds is 13. The summed E-state index contributed by atoms with van der Waals surface area (Å²) in [5.41, 5.74) is 5.06. The van der Waals surface area contributed by atoms with Gasteiger partial charge in [-0.2, -0.15) is 0 Å². The number of hydrogen-bond donors (Lipinski definition) is 4. The van der Waals surface area contributed by atoms with E-state index < -0.39 is 0 Å². The van der Waals surface area contributed by atoms with Crippen LogP contribution in [0.1, 0.15) is 71.9 Å². The number of ether oxygens (including phenoxy) is 2. The molecule has 2 aromatic carbocycles. The highest BCUT2D eigenvalue weighted by Crippen LogP contribution is 2.42. The zero-order valence-electron chi connectivity index (χ0n) is 19.7. The van der Waals surface area contributed by atoms with E-state index in [-0.39, 0.29) is 36.5 Å². The van der Waals surface area contributed by atoms with Crippen molar-refractivity contribution in [2.45, 2.75) is 64.6 Å². The highest BCUT2D eigenvalue weighted by molar-refractivity contribution is 5.48. The molecule has 6 heteroatoms. The van der Waals surface area contributed by atoms with E-state index in [1.165, 1.54) is 0 Å². The van der Waals surface area contributed by atoms with Crippen LogP contribution in [0.3, 0.4) is 0 Å². The lowest BCUT2D eigenvalue weighted by molar-refractivity contribution is 0.174. The first-order valence-corrected chi connectivity index (χ1v) is 11.3. The fourth-order valence-electron chi connectivity index (χ4n) is 4.66. The van der Waals surface area contributed by atoms with Gasteiger partial charge in [-0.05, 0) is 71.9 Å². The number of aliphatic hydroxyl groups excluding tert-OH is 2. The molecule has 0 amide bonds. The van der Waals surface area contributed by atoms with Crippen molar-refractivity contribution in [2.75, 3.05) is 27.4 Å². The van der Waals surface area contributed by atoms with Crippen LogP contribution in [-0.2, 0) is 35.5 Å². The molecule has 0 bridgehead atoms. The summed E-state index contributed by atoms with van der Waals surface area (Å²) in [7, 11) is 3.21. The van der Waals surface area contributed by atoms with Gasteiger partial charge in [0.2, 0.25) is 0 Å². The number of benzene rings is 2. The summed E-state index contributed by atoms with van der Waals surface area (Å²) in [5.74, 6) is 0.695. The van der Waals surface area contributed by atoms with E-state index in [1.807, 2.05) is 24.3 Å². The third-order valence-electron chi connectivity index (χ3n) is 6.16. The number of aliphatic hydroxyl groups is 2. The van der Waals surface area contributed by atoms with Gasteiger partial charge in [0.25, 0.3) is 0 Å². The van der Waals surface area contributed by atoms with Crippen molar-refractivity contribution in [1.29, 1.82) is 0 Å². The van der Waals surface area contributed by atoms with E-state index in [1.54, 1.807) is 14.2 Å². The van der Waals surface area contributed by atoms with Gasteiger partial charge in [-0.1, -0.05) is 26.0 Å². The van der Waals surface area contributed by atoms with Crippen molar-refractivity contribution < 1.29 is 29.9 Å². The van der Waals surface area contributed by atoms with Gasteiger partial charge in [0.15, 0.2) is 0 Å². The lowest BCUT2D eigenvalue weighted by Gasteiger charge is -2.29. The number of phenolic OH excluding ortho intramolecular Hbond substituents is 2. The Morgan fingerprint density at radius 2 is 1.00 bits per heavy atom. The summed E-state index contributed by atoms with van der Waals surface area (Å²) >= 11 is 0. The second kappa shape index (κ2) is 12.8. The second-order valence-electron chi connectivity index (χ2n) is 8.22. The molecule has 6 nitrogen and oxygen atoms in total. The molecule has 0 aliphatic rings. The molecule has 0 saturated heterocycles. The first-order valence-electron chi connectivity index (χ1n) is 11.3.